The van der Waals surface area contributed by atoms with Gasteiger partial charge in [-0.2, -0.15) is 5.10 Å². The van der Waals surface area contributed by atoms with Crippen LogP contribution in [-0.4, -0.2) is 21.8 Å². The molecule has 1 aliphatic rings. The average Bonchev–Trinajstić information content (AvgIpc) is 3.38. The van der Waals surface area contributed by atoms with Crippen molar-refractivity contribution in [3.8, 4) is 0 Å². The Bertz CT molecular complexity index is 739. The summed E-state index contributed by atoms with van der Waals surface area (Å²) in [7, 11) is 0. The lowest BCUT2D eigenvalue weighted by atomic mass is 10.2. The molecule has 1 aromatic heterocycles. The highest BCUT2D eigenvalue weighted by Crippen LogP contribution is 2.39. The van der Waals surface area contributed by atoms with Crippen LogP contribution in [0.1, 0.15) is 64.5 Å². The molecule has 2 rings (SSSR count). The molecule has 5 nitrogen and oxygen atoms in total. The molecule has 0 spiro atoms. The Balaban J connectivity index is 1.98. The Labute approximate surface area is 160 Å². The standard InChI is InChI=1S/C20H27ClN4O/c1-4-7-17(11-10-15(21)5-2)22-16(6-3)12-20(26)23-19-13-18(24-25-19)14-8-9-14/h5-6,10-11,13-14H,4,7-9,12H2,1-3H3,(H2,23,24,25,26)/b11-10-,15-5+,16-6-,22-17-. The number of amides is 1. The first-order valence-electron chi connectivity index (χ1n) is 9.13. The third-order valence-electron chi connectivity index (χ3n) is 4.06. The van der Waals surface area contributed by atoms with Crippen LogP contribution in [0.2, 0.25) is 0 Å². The van der Waals surface area contributed by atoms with E-state index in [-0.39, 0.29) is 12.3 Å². The normalized spacial score (nSPS) is 16.4. The van der Waals surface area contributed by atoms with Gasteiger partial charge in [-0.3, -0.25) is 14.9 Å². The maximum absolute atomic E-state index is 12.3. The number of nitrogens with one attached hydrogen (secondary N) is 2. The Kier molecular flexibility index (Phi) is 7.85. The highest BCUT2D eigenvalue weighted by atomic mass is 35.5. The summed E-state index contributed by atoms with van der Waals surface area (Å²) in [5.41, 5.74) is 2.73. The molecule has 140 valence electrons. The summed E-state index contributed by atoms with van der Waals surface area (Å²) < 4.78 is 0. The fourth-order valence-corrected chi connectivity index (χ4v) is 2.51. The van der Waals surface area contributed by atoms with Crippen LogP contribution in [0.15, 0.2) is 46.1 Å². The van der Waals surface area contributed by atoms with Crippen LogP contribution in [-0.2, 0) is 4.79 Å². The molecule has 26 heavy (non-hydrogen) atoms. The summed E-state index contributed by atoms with van der Waals surface area (Å²) in [6.45, 7) is 5.87. The van der Waals surface area contributed by atoms with Gasteiger partial charge in [-0.15, -0.1) is 0 Å². The smallest absolute Gasteiger partial charge is 0.231 e. The number of allylic oxidation sites excluding steroid dienone is 5. The molecule has 6 heteroatoms. The van der Waals surface area contributed by atoms with E-state index in [9.17, 15) is 4.79 Å². The van der Waals surface area contributed by atoms with Gasteiger partial charge in [0.2, 0.25) is 5.91 Å². The summed E-state index contributed by atoms with van der Waals surface area (Å²) in [5.74, 6) is 1.03. The second-order valence-electron chi connectivity index (χ2n) is 6.35. The number of aromatic amines is 1. The number of anilines is 1. The zero-order valence-electron chi connectivity index (χ0n) is 15.7. The summed E-state index contributed by atoms with van der Waals surface area (Å²) in [4.78, 5) is 16.9. The van der Waals surface area contributed by atoms with Gasteiger partial charge < -0.3 is 5.32 Å². The predicted octanol–water partition coefficient (Wildman–Crippen LogP) is 5.46. The van der Waals surface area contributed by atoms with Crippen molar-refractivity contribution in [2.75, 3.05) is 5.32 Å². The number of carbonyl (C=O) groups excluding carboxylic acids is 1. The lowest BCUT2D eigenvalue weighted by Crippen LogP contribution is -2.12. The Hall–Kier alpha value is -2.14. The van der Waals surface area contributed by atoms with Crippen molar-refractivity contribution in [3.05, 3.63) is 46.8 Å². The number of aromatic nitrogens is 2. The van der Waals surface area contributed by atoms with E-state index in [0.717, 1.165) is 29.9 Å². The zero-order chi connectivity index (χ0) is 18.9. The molecule has 0 saturated heterocycles. The summed E-state index contributed by atoms with van der Waals surface area (Å²) in [6, 6.07) is 1.92. The SMILES string of the molecule is C\C=C(CC(=O)Nc1cc(C2CC2)[nH]n1)/N=C(\C=C/C(Cl)=C\C)CCC. The monoisotopic (exact) mass is 374 g/mol. The number of carbonyl (C=O) groups is 1. The highest BCUT2D eigenvalue weighted by Gasteiger charge is 2.25. The molecule has 0 unspecified atom stereocenters. The summed E-state index contributed by atoms with van der Waals surface area (Å²) >= 11 is 6.01. The van der Waals surface area contributed by atoms with Crippen LogP contribution in [0.3, 0.4) is 0 Å². The van der Waals surface area contributed by atoms with E-state index in [4.69, 9.17) is 11.6 Å². The van der Waals surface area contributed by atoms with E-state index in [1.54, 1.807) is 0 Å². The number of nitrogens with zero attached hydrogens (tertiary/aromatic N) is 2. The Morgan fingerprint density at radius 2 is 2.15 bits per heavy atom. The van der Waals surface area contributed by atoms with E-state index in [1.165, 1.54) is 12.8 Å². The van der Waals surface area contributed by atoms with Crippen LogP contribution < -0.4 is 5.32 Å². The first kappa shape index (κ1) is 20.2. The van der Waals surface area contributed by atoms with E-state index in [2.05, 4.69) is 27.4 Å². The topological polar surface area (TPSA) is 70.1 Å². The third kappa shape index (κ3) is 6.64. The lowest BCUT2D eigenvalue weighted by molar-refractivity contribution is -0.115. The Morgan fingerprint density at radius 1 is 1.38 bits per heavy atom. The van der Waals surface area contributed by atoms with Gasteiger partial charge in [-0.1, -0.05) is 37.1 Å². The first-order chi connectivity index (χ1) is 12.5. The van der Waals surface area contributed by atoms with Gasteiger partial charge in [0.1, 0.15) is 0 Å². The van der Waals surface area contributed by atoms with Crippen LogP contribution in [0.4, 0.5) is 5.82 Å². The molecular formula is C20H27ClN4O. The molecule has 2 N–H and O–H groups in total. The van der Waals surface area contributed by atoms with Crippen LogP contribution >= 0.6 is 11.6 Å². The van der Waals surface area contributed by atoms with E-state index in [0.29, 0.717) is 16.8 Å². The fraction of sp³-hybridized carbons (Fsp3) is 0.450. The van der Waals surface area contributed by atoms with Crippen molar-refractivity contribution in [2.45, 2.75) is 58.8 Å². The minimum atomic E-state index is -0.123. The molecular weight excluding hydrogens is 348 g/mol. The number of aliphatic imine (C=N–C) groups is 1. The molecule has 0 bridgehead atoms. The number of H-pyrrole nitrogens is 1. The minimum Gasteiger partial charge on any atom is -0.309 e. The summed E-state index contributed by atoms with van der Waals surface area (Å²) in [6.07, 6.45) is 11.8. The largest absolute Gasteiger partial charge is 0.309 e. The van der Waals surface area contributed by atoms with Gasteiger partial charge in [-0.25, -0.2) is 0 Å². The van der Waals surface area contributed by atoms with Gasteiger partial charge >= 0.3 is 0 Å². The van der Waals surface area contributed by atoms with Crippen molar-refractivity contribution < 1.29 is 4.79 Å². The van der Waals surface area contributed by atoms with Crippen molar-refractivity contribution in [2.24, 2.45) is 4.99 Å². The maximum atomic E-state index is 12.3. The molecule has 0 atom stereocenters. The lowest BCUT2D eigenvalue weighted by Gasteiger charge is -2.05. The van der Waals surface area contributed by atoms with Crippen LogP contribution in [0.25, 0.3) is 0 Å². The fourth-order valence-electron chi connectivity index (χ4n) is 2.45. The molecule has 0 aromatic carbocycles. The molecule has 1 amide bonds. The predicted molar refractivity (Wildman–Crippen MR) is 109 cm³/mol. The van der Waals surface area contributed by atoms with Crippen LogP contribution in [0.5, 0.6) is 0 Å². The highest BCUT2D eigenvalue weighted by molar-refractivity contribution is 6.31. The van der Waals surface area contributed by atoms with Gasteiger partial charge in [-0.05, 0) is 45.3 Å². The van der Waals surface area contributed by atoms with Gasteiger partial charge in [0.05, 0.1) is 6.42 Å². The average molecular weight is 375 g/mol. The third-order valence-corrected chi connectivity index (χ3v) is 4.41. The van der Waals surface area contributed by atoms with E-state index >= 15 is 0 Å². The first-order valence-corrected chi connectivity index (χ1v) is 9.51. The molecule has 0 aliphatic heterocycles. The summed E-state index contributed by atoms with van der Waals surface area (Å²) in [5, 5.41) is 10.6. The molecule has 1 saturated carbocycles. The van der Waals surface area contributed by atoms with Gasteiger partial charge in [0.25, 0.3) is 0 Å². The van der Waals surface area contributed by atoms with Gasteiger partial charge in [0, 0.05) is 34.1 Å². The minimum absolute atomic E-state index is 0.123. The van der Waals surface area contributed by atoms with Crippen LogP contribution in [0, 0.1) is 0 Å². The second kappa shape index (κ2) is 10.1. The molecule has 1 aromatic rings. The number of halogens is 1. The van der Waals surface area contributed by atoms with Crippen molar-refractivity contribution in [3.63, 3.8) is 0 Å². The maximum Gasteiger partial charge on any atom is 0.231 e. The molecule has 1 heterocycles. The molecule has 0 radical (unpaired) electrons. The number of hydrogen-bond donors (Lipinski definition) is 2. The molecule has 1 aliphatic carbocycles. The van der Waals surface area contributed by atoms with Crippen molar-refractivity contribution >= 4 is 29.0 Å². The number of hydrogen-bond acceptors (Lipinski definition) is 3. The van der Waals surface area contributed by atoms with E-state index < -0.39 is 0 Å². The quantitative estimate of drug-likeness (QED) is 0.445. The Morgan fingerprint density at radius 3 is 2.77 bits per heavy atom. The van der Waals surface area contributed by atoms with Gasteiger partial charge in [0.15, 0.2) is 5.82 Å². The van der Waals surface area contributed by atoms with Crippen molar-refractivity contribution in [1.29, 1.82) is 0 Å². The number of rotatable bonds is 9. The zero-order valence-corrected chi connectivity index (χ0v) is 16.4. The van der Waals surface area contributed by atoms with E-state index in [1.807, 2.05) is 44.2 Å². The molecule has 1 fully saturated rings. The second-order valence-corrected chi connectivity index (χ2v) is 6.78. The van der Waals surface area contributed by atoms with Crippen molar-refractivity contribution in [1.82, 2.24) is 10.2 Å².